The van der Waals surface area contributed by atoms with Crippen LogP contribution < -0.4 is 0 Å². The average molecular weight is 329 g/mol. The Morgan fingerprint density at radius 1 is 1.38 bits per heavy atom. The summed E-state index contributed by atoms with van der Waals surface area (Å²) in [5.74, 6) is -0.359. The van der Waals surface area contributed by atoms with E-state index in [1.807, 2.05) is 13.8 Å². The molecule has 2 rings (SSSR count). The van der Waals surface area contributed by atoms with Crippen molar-refractivity contribution in [1.29, 1.82) is 0 Å². The van der Waals surface area contributed by atoms with Gasteiger partial charge in [0.2, 0.25) is 10.0 Å². The van der Waals surface area contributed by atoms with Crippen LogP contribution in [0.1, 0.15) is 29.8 Å². The van der Waals surface area contributed by atoms with Crippen LogP contribution in [0.3, 0.4) is 0 Å². The third-order valence-electron chi connectivity index (χ3n) is 3.87. The first kappa shape index (κ1) is 16.3. The molecule has 0 aliphatic carbocycles. The molecule has 0 bridgehead atoms. The number of thioether (sulfide) groups is 1. The summed E-state index contributed by atoms with van der Waals surface area (Å²) in [7, 11) is -3.66. The molecule has 0 amide bonds. The molecule has 5 nitrogen and oxygen atoms in total. The molecule has 1 N–H and O–H groups in total. The monoisotopic (exact) mass is 329 g/mol. The number of hydrogen-bond donors (Lipinski definition) is 1. The Morgan fingerprint density at radius 2 is 2.05 bits per heavy atom. The molecule has 7 heteroatoms. The molecule has 0 aromatic heterocycles. The largest absolute Gasteiger partial charge is 0.478 e. The summed E-state index contributed by atoms with van der Waals surface area (Å²) < 4.78 is 27.0. The molecule has 1 aromatic rings. The molecular weight excluding hydrogens is 310 g/mol. The molecular formula is C14H19NO4S2. The maximum absolute atomic E-state index is 12.8. The minimum Gasteiger partial charge on any atom is -0.478 e. The van der Waals surface area contributed by atoms with Crippen molar-refractivity contribution in [2.24, 2.45) is 0 Å². The summed E-state index contributed by atoms with van der Waals surface area (Å²) >= 11 is 1.75. The zero-order chi connectivity index (χ0) is 15.8. The Kier molecular flexibility index (Phi) is 4.65. The molecule has 116 valence electrons. The summed E-state index contributed by atoms with van der Waals surface area (Å²) in [6.07, 6.45) is 0. The van der Waals surface area contributed by atoms with Crippen molar-refractivity contribution in [1.82, 2.24) is 4.31 Å². The van der Waals surface area contributed by atoms with Crippen molar-refractivity contribution in [2.45, 2.75) is 37.0 Å². The third-order valence-corrected chi connectivity index (χ3v) is 7.19. The van der Waals surface area contributed by atoms with Crippen LogP contribution in [-0.4, -0.2) is 47.4 Å². The zero-order valence-corrected chi connectivity index (χ0v) is 13.9. The van der Waals surface area contributed by atoms with Gasteiger partial charge in [-0.05, 0) is 31.5 Å². The predicted octanol–water partition coefficient (Wildman–Crippen LogP) is 2.21. The maximum atomic E-state index is 12.8. The van der Waals surface area contributed by atoms with E-state index >= 15 is 0 Å². The van der Waals surface area contributed by atoms with E-state index in [1.54, 1.807) is 24.8 Å². The molecule has 2 unspecified atom stereocenters. The quantitative estimate of drug-likeness (QED) is 0.920. The van der Waals surface area contributed by atoms with Gasteiger partial charge in [-0.1, -0.05) is 13.0 Å². The van der Waals surface area contributed by atoms with Gasteiger partial charge >= 0.3 is 5.97 Å². The highest BCUT2D eigenvalue weighted by atomic mass is 32.2. The number of nitrogens with zero attached hydrogens (tertiary/aromatic N) is 1. The van der Waals surface area contributed by atoms with E-state index in [-0.39, 0.29) is 21.8 Å². The summed E-state index contributed by atoms with van der Waals surface area (Å²) in [5, 5.41) is 9.37. The minimum absolute atomic E-state index is 0.0307. The van der Waals surface area contributed by atoms with Crippen molar-refractivity contribution >= 4 is 27.8 Å². The lowest BCUT2D eigenvalue weighted by atomic mass is 10.1. The third kappa shape index (κ3) is 3.09. The second-order valence-electron chi connectivity index (χ2n) is 5.21. The zero-order valence-electron chi connectivity index (χ0n) is 12.2. The van der Waals surface area contributed by atoms with Crippen molar-refractivity contribution in [3.63, 3.8) is 0 Å². The summed E-state index contributed by atoms with van der Waals surface area (Å²) in [6, 6.07) is 4.18. The van der Waals surface area contributed by atoms with Crippen molar-refractivity contribution < 1.29 is 18.3 Å². The van der Waals surface area contributed by atoms with Gasteiger partial charge in [-0.2, -0.15) is 16.1 Å². The highest BCUT2D eigenvalue weighted by Crippen LogP contribution is 2.30. The van der Waals surface area contributed by atoms with Gasteiger partial charge in [0.1, 0.15) is 0 Å². The van der Waals surface area contributed by atoms with Gasteiger partial charge in [0.25, 0.3) is 0 Å². The topological polar surface area (TPSA) is 74.7 Å². The second-order valence-corrected chi connectivity index (χ2v) is 8.59. The number of carboxylic acid groups (broad SMARTS) is 1. The van der Waals surface area contributed by atoms with Gasteiger partial charge in [0, 0.05) is 23.6 Å². The lowest BCUT2D eigenvalue weighted by molar-refractivity contribution is 0.0696. The SMILES string of the molecule is Cc1ccc(S(=O)(=O)N2CCSC(C)C2C)cc1C(=O)O. The molecule has 1 aromatic carbocycles. The van der Waals surface area contributed by atoms with E-state index < -0.39 is 16.0 Å². The number of benzene rings is 1. The average Bonchev–Trinajstić information content (AvgIpc) is 2.41. The number of carboxylic acids is 1. The fraction of sp³-hybridized carbons (Fsp3) is 0.500. The molecule has 1 heterocycles. The Bertz CT molecular complexity index is 657. The number of hydrogen-bond acceptors (Lipinski definition) is 4. The van der Waals surface area contributed by atoms with Crippen molar-refractivity contribution in [3.8, 4) is 0 Å². The number of carbonyl (C=O) groups is 1. The number of sulfonamides is 1. The van der Waals surface area contributed by atoms with Crippen molar-refractivity contribution in [2.75, 3.05) is 12.3 Å². The lowest BCUT2D eigenvalue weighted by Crippen LogP contribution is -2.47. The van der Waals surface area contributed by atoms with E-state index in [0.717, 1.165) is 5.75 Å². The van der Waals surface area contributed by atoms with Gasteiger partial charge in [0.15, 0.2) is 0 Å². The summed E-state index contributed by atoms with van der Waals surface area (Å²) in [5.41, 5.74) is 0.584. The number of aryl methyl sites for hydroxylation is 1. The van der Waals surface area contributed by atoms with Gasteiger partial charge in [-0.15, -0.1) is 0 Å². The fourth-order valence-corrected chi connectivity index (χ4v) is 5.39. The fourth-order valence-electron chi connectivity index (χ4n) is 2.37. The molecule has 1 aliphatic heterocycles. The van der Waals surface area contributed by atoms with E-state index in [1.165, 1.54) is 16.4 Å². The highest BCUT2D eigenvalue weighted by molar-refractivity contribution is 8.00. The van der Waals surface area contributed by atoms with E-state index in [4.69, 9.17) is 5.11 Å². The first-order valence-corrected chi connectivity index (χ1v) is 9.21. The van der Waals surface area contributed by atoms with E-state index in [9.17, 15) is 13.2 Å². The van der Waals surface area contributed by atoms with Crippen LogP contribution >= 0.6 is 11.8 Å². The van der Waals surface area contributed by atoms with Crippen LogP contribution in [0.2, 0.25) is 0 Å². The van der Waals surface area contributed by atoms with Crippen LogP contribution in [-0.2, 0) is 10.0 Å². The Labute approximate surface area is 129 Å². The Morgan fingerprint density at radius 3 is 2.67 bits per heavy atom. The normalized spacial score (nSPS) is 24.0. The molecule has 0 radical (unpaired) electrons. The standard InChI is InChI=1S/C14H19NO4S2/c1-9-4-5-12(8-13(9)14(16)17)21(18,19)15-6-7-20-11(3)10(15)2/h4-5,8,10-11H,6-7H2,1-3H3,(H,16,17). The lowest BCUT2D eigenvalue weighted by Gasteiger charge is -2.36. The highest BCUT2D eigenvalue weighted by Gasteiger charge is 2.35. The van der Waals surface area contributed by atoms with Crippen LogP contribution in [0, 0.1) is 6.92 Å². The molecule has 2 atom stereocenters. The van der Waals surface area contributed by atoms with Crippen LogP contribution in [0.5, 0.6) is 0 Å². The smallest absolute Gasteiger partial charge is 0.335 e. The van der Waals surface area contributed by atoms with Gasteiger partial charge in [-0.3, -0.25) is 0 Å². The molecule has 1 saturated heterocycles. The molecule has 0 saturated carbocycles. The van der Waals surface area contributed by atoms with Crippen LogP contribution in [0.4, 0.5) is 0 Å². The van der Waals surface area contributed by atoms with E-state index in [2.05, 4.69) is 0 Å². The first-order chi connectivity index (χ1) is 9.75. The number of aromatic carboxylic acids is 1. The van der Waals surface area contributed by atoms with Crippen LogP contribution in [0.25, 0.3) is 0 Å². The molecule has 1 aliphatic rings. The van der Waals surface area contributed by atoms with Crippen molar-refractivity contribution in [3.05, 3.63) is 29.3 Å². The summed E-state index contributed by atoms with van der Waals surface area (Å²) in [6.45, 7) is 6.01. The first-order valence-electron chi connectivity index (χ1n) is 6.72. The summed E-state index contributed by atoms with van der Waals surface area (Å²) in [4.78, 5) is 11.2. The predicted molar refractivity (Wildman–Crippen MR) is 83.4 cm³/mol. The molecule has 0 spiro atoms. The van der Waals surface area contributed by atoms with Gasteiger partial charge in [-0.25, -0.2) is 13.2 Å². The van der Waals surface area contributed by atoms with Gasteiger partial charge in [0.05, 0.1) is 10.5 Å². The molecule has 21 heavy (non-hydrogen) atoms. The maximum Gasteiger partial charge on any atom is 0.335 e. The minimum atomic E-state index is -3.66. The second kappa shape index (κ2) is 5.98. The number of rotatable bonds is 3. The van der Waals surface area contributed by atoms with E-state index in [0.29, 0.717) is 12.1 Å². The Balaban J connectivity index is 2.44. The van der Waals surface area contributed by atoms with Gasteiger partial charge < -0.3 is 5.11 Å². The molecule has 1 fully saturated rings. The Hall–Kier alpha value is -1.05. The van der Waals surface area contributed by atoms with Crippen LogP contribution in [0.15, 0.2) is 23.1 Å².